The molecule has 0 saturated heterocycles. The second-order valence-electron chi connectivity index (χ2n) is 7.87. The van der Waals surface area contributed by atoms with Gasteiger partial charge in [-0.3, -0.25) is 24.1 Å². The van der Waals surface area contributed by atoms with E-state index in [0.717, 1.165) is 4.90 Å². The molecule has 198 valence electrons. The van der Waals surface area contributed by atoms with Crippen molar-refractivity contribution >= 4 is 46.6 Å². The molecule has 4 rings (SSSR count). The maximum Gasteiger partial charge on any atom is 0.325 e. The van der Waals surface area contributed by atoms with Gasteiger partial charge < -0.3 is 36.1 Å². The molecule has 38 heavy (non-hydrogen) atoms. The molecule has 3 amide bonds. The summed E-state index contributed by atoms with van der Waals surface area (Å²) in [6.45, 7) is 1.25. The third kappa shape index (κ3) is 5.29. The summed E-state index contributed by atoms with van der Waals surface area (Å²) in [7, 11) is 0. The van der Waals surface area contributed by atoms with Gasteiger partial charge >= 0.3 is 5.97 Å². The molecule has 13 nitrogen and oxygen atoms in total. The number of hydrogen-bond donors (Lipinski definition) is 4. The minimum absolute atomic E-state index is 0.0298. The first-order valence-corrected chi connectivity index (χ1v) is 12.0. The Labute approximate surface area is 220 Å². The first-order chi connectivity index (χ1) is 18.2. The molecule has 3 aromatic rings. The maximum absolute atomic E-state index is 14.0. The van der Waals surface area contributed by atoms with Crippen molar-refractivity contribution in [2.45, 2.75) is 13.0 Å². The molecular weight excluding hydrogens is 518 g/mol. The zero-order valence-electron chi connectivity index (χ0n) is 20.0. The summed E-state index contributed by atoms with van der Waals surface area (Å²) in [5.41, 5.74) is 11.3. The van der Waals surface area contributed by atoms with E-state index in [1.54, 1.807) is 13.0 Å². The molecule has 6 N–H and O–H groups in total. The SMILES string of the molecule is CCOC(=O)CNC(=O)[C@H](c1ccc(O)cc1)N(C(=O)c1snc(C(N)=O)c1N)c1ccc2c(c1)OCO2. The summed E-state index contributed by atoms with van der Waals surface area (Å²) >= 11 is 0.644. The normalized spacial score (nSPS) is 12.4. The Balaban J connectivity index is 1.84. The van der Waals surface area contributed by atoms with Crippen molar-refractivity contribution in [3.05, 3.63) is 58.6 Å². The molecule has 14 heteroatoms. The highest BCUT2D eigenvalue weighted by molar-refractivity contribution is 7.09. The molecule has 1 aromatic heterocycles. The summed E-state index contributed by atoms with van der Waals surface area (Å²) in [4.78, 5) is 52.2. The number of rotatable bonds is 9. The minimum Gasteiger partial charge on any atom is -0.508 e. The van der Waals surface area contributed by atoms with Crippen LogP contribution in [-0.2, 0) is 14.3 Å². The van der Waals surface area contributed by atoms with Gasteiger partial charge in [-0.25, -0.2) is 0 Å². The highest BCUT2D eigenvalue weighted by atomic mass is 32.1. The Bertz CT molecular complexity index is 1390. The second kappa shape index (κ2) is 11.0. The molecule has 0 bridgehead atoms. The Kier molecular flexibility index (Phi) is 7.62. The zero-order valence-corrected chi connectivity index (χ0v) is 20.8. The van der Waals surface area contributed by atoms with E-state index in [4.69, 9.17) is 25.7 Å². The van der Waals surface area contributed by atoms with E-state index in [1.807, 2.05) is 0 Å². The van der Waals surface area contributed by atoms with Crippen LogP contribution in [0.15, 0.2) is 42.5 Å². The summed E-state index contributed by atoms with van der Waals surface area (Å²) in [6.07, 6.45) is 0. The summed E-state index contributed by atoms with van der Waals surface area (Å²) in [5.74, 6) is -2.44. The Hall–Kier alpha value is -4.85. The number of esters is 1. The number of fused-ring (bicyclic) bond motifs is 1. The van der Waals surface area contributed by atoms with Crippen molar-refractivity contribution in [1.29, 1.82) is 0 Å². The predicted octanol–water partition coefficient (Wildman–Crippen LogP) is 1.33. The van der Waals surface area contributed by atoms with Gasteiger partial charge in [0.05, 0.1) is 12.3 Å². The number of nitrogens with zero attached hydrogens (tertiary/aromatic N) is 2. The highest BCUT2D eigenvalue weighted by Crippen LogP contribution is 2.39. The minimum atomic E-state index is -1.38. The second-order valence-corrected chi connectivity index (χ2v) is 8.64. The van der Waals surface area contributed by atoms with Crippen LogP contribution in [0, 0.1) is 0 Å². The van der Waals surface area contributed by atoms with Gasteiger partial charge in [0.1, 0.15) is 23.2 Å². The molecule has 0 spiro atoms. The number of phenols is 1. The third-order valence-electron chi connectivity index (χ3n) is 5.44. The molecule has 1 atom stereocenters. The van der Waals surface area contributed by atoms with Crippen LogP contribution < -0.4 is 31.2 Å². The number of nitrogens with one attached hydrogen (secondary N) is 1. The lowest BCUT2D eigenvalue weighted by Crippen LogP contribution is -2.45. The summed E-state index contributed by atoms with van der Waals surface area (Å²) in [5, 5.41) is 12.3. The highest BCUT2D eigenvalue weighted by Gasteiger charge is 2.37. The smallest absolute Gasteiger partial charge is 0.325 e. The number of phenolic OH excluding ortho intramolecular Hbond substituents is 1. The zero-order chi connectivity index (χ0) is 27.4. The van der Waals surface area contributed by atoms with Crippen molar-refractivity contribution in [1.82, 2.24) is 9.69 Å². The quantitative estimate of drug-likeness (QED) is 0.287. The Morgan fingerprint density at radius 2 is 1.87 bits per heavy atom. The first-order valence-electron chi connectivity index (χ1n) is 11.2. The maximum atomic E-state index is 14.0. The van der Waals surface area contributed by atoms with E-state index in [1.165, 1.54) is 36.4 Å². The van der Waals surface area contributed by atoms with Crippen LogP contribution in [0.5, 0.6) is 17.2 Å². The van der Waals surface area contributed by atoms with Gasteiger partial charge in [0.15, 0.2) is 17.2 Å². The predicted molar refractivity (Wildman–Crippen MR) is 135 cm³/mol. The number of carbonyl (C=O) groups excluding carboxylic acids is 4. The van der Waals surface area contributed by atoms with Gasteiger partial charge in [-0.15, -0.1) is 0 Å². The molecule has 0 unspecified atom stereocenters. The van der Waals surface area contributed by atoms with E-state index in [2.05, 4.69) is 9.69 Å². The Morgan fingerprint density at radius 3 is 2.53 bits per heavy atom. The average Bonchev–Trinajstić information content (AvgIpc) is 3.52. The lowest BCUT2D eigenvalue weighted by atomic mass is 10.0. The number of anilines is 2. The van der Waals surface area contributed by atoms with E-state index < -0.39 is 36.3 Å². The number of amides is 3. The van der Waals surface area contributed by atoms with Gasteiger partial charge in [-0.1, -0.05) is 12.1 Å². The van der Waals surface area contributed by atoms with Crippen LogP contribution in [0.1, 0.15) is 38.7 Å². The lowest BCUT2D eigenvalue weighted by Gasteiger charge is -2.31. The first kappa shape index (κ1) is 26.2. The standard InChI is InChI=1S/C24H23N5O8S/c1-2-35-17(31)10-27-23(33)20(12-3-6-14(30)7-4-12)29(13-5-8-15-16(9-13)37-11-36-15)24(34)21-18(25)19(22(26)32)28-38-21/h3-9,20,30H,2,10-11,25H2,1H3,(H2,26,32)(H,27,33)/t20-/m0/s1. The molecule has 0 radical (unpaired) electrons. The van der Waals surface area contributed by atoms with Crippen LogP contribution in [0.4, 0.5) is 11.4 Å². The van der Waals surface area contributed by atoms with Crippen LogP contribution in [0.25, 0.3) is 0 Å². The number of nitrogen functional groups attached to an aromatic ring is 1. The van der Waals surface area contributed by atoms with Crippen molar-refractivity contribution in [2.75, 3.05) is 30.6 Å². The molecule has 1 aliphatic rings. The van der Waals surface area contributed by atoms with Crippen LogP contribution in [0.3, 0.4) is 0 Å². The molecule has 1 aliphatic heterocycles. The van der Waals surface area contributed by atoms with Gasteiger partial charge in [-0.2, -0.15) is 4.37 Å². The molecule has 2 aromatic carbocycles. The topological polar surface area (TPSA) is 196 Å². The molecule has 0 aliphatic carbocycles. The average molecular weight is 542 g/mol. The van der Waals surface area contributed by atoms with Gasteiger partial charge in [0, 0.05) is 11.8 Å². The number of aromatic hydroxyl groups is 1. The number of benzene rings is 2. The molecule has 0 fully saturated rings. The number of ether oxygens (including phenoxy) is 3. The van der Waals surface area contributed by atoms with E-state index in [-0.39, 0.29) is 46.7 Å². The van der Waals surface area contributed by atoms with Crippen LogP contribution in [-0.4, -0.2) is 53.1 Å². The van der Waals surface area contributed by atoms with Crippen LogP contribution in [0.2, 0.25) is 0 Å². The number of aromatic nitrogens is 1. The van der Waals surface area contributed by atoms with Crippen molar-refractivity contribution in [3.63, 3.8) is 0 Å². The largest absolute Gasteiger partial charge is 0.508 e. The van der Waals surface area contributed by atoms with E-state index in [9.17, 15) is 24.3 Å². The monoisotopic (exact) mass is 541 g/mol. The van der Waals surface area contributed by atoms with Crippen molar-refractivity contribution in [2.24, 2.45) is 5.73 Å². The van der Waals surface area contributed by atoms with E-state index >= 15 is 0 Å². The van der Waals surface area contributed by atoms with E-state index in [0.29, 0.717) is 23.0 Å². The number of nitrogens with two attached hydrogens (primary N) is 2. The summed E-state index contributed by atoms with van der Waals surface area (Å²) < 4.78 is 19.6. The van der Waals surface area contributed by atoms with Gasteiger partial charge in [0.2, 0.25) is 12.7 Å². The van der Waals surface area contributed by atoms with Crippen molar-refractivity contribution in [3.8, 4) is 17.2 Å². The van der Waals surface area contributed by atoms with Crippen molar-refractivity contribution < 1.29 is 38.5 Å². The third-order valence-corrected chi connectivity index (χ3v) is 6.29. The summed E-state index contributed by atoms with van der Waals surface area (Å²) in [6, 6.07) is 8.79. The molecular formula is C24H23N5O8S. The molecule has 2 heterocycles. The van der Waals surface area contributed by atoms with Crippen LogP contribution >= 0.6 is 11.5 Å². The fraction of sp³-hybridized carbons (Fsp3) is 0.208. The molecule has 0 saturated carbocycles. The van der Waals surface area contributed by atoms with Gasteiger partial charge in [0.25, 0.3) is 11.8 Å². The fourth-order valence-corrected chi connectivity index (χ4v) is 4.44. The fourth-order valence-electron chi connectivity index (χ4n) is 3.70. The number of hydrogen-bond acceptors (Lipinski definition) is 11. The Morgan fingerprint density at radius 1 is 1.16 bits per heavy atom. The number of primary amides is 1. The number of carbonyl (C=O) groups is 4. The lowest BCUT2D eigenvalue weighted by molar-refractivity contribution is -0.143. The van der Waals surface area contributed by atoms with Gasteiger partial charge in [-0.05, 0) is 48.3 Å².